The second-order valence-electron chi connectivity index (χ2n) is 4.62. The van der Waals surface area contributed by atoms with E-state index in [1.54, 1.807) is 0 Å². The van der Waals surface area contributed by atoms with Crippen LogP contribution in [0.15, 0.2) is 0 Å². The Morgan fingerprint density at radius 2 is 2.06 bits per heavy atom. The van der Waals surface area contributed by atoms with Crippen molar-refractivity contribution in [2.45, 2.75) is 37.0 Å². The van der Waals surface area contributed by atoms with Crippen molar-refractivity contribution < 1.29 is 18.3 Å². The largest absolute Gasteiger partial charge is 0.480 e. The fourth-order valence-corrected chi connectivity index (χ4v) is 4.51. The summed E-state index contributed by atoms with van der Waals surface area (Å²) in [5.41, 5.74) is 0. The molecule has 6 nitrogen and oxygen atoms in total. The van der Waals surface area contributed by atoms with Gasteiger partial charge in [0.05, 0.1) is 0 Å². The minimum atomic E-state index is -3.65. The lowest BCUT2D eigenvalue weighted by molar-refractivity contribution is -0.136. The Kier molecular flexibility index (Phi) is 3.70. The summed E-state index contributed by atoms with van der Waals surface area (Å²) in [7, 11) is -3.65. The van der Waals surface area contributed by atoms with Gasteiger partial charge in [0.2, 0.25) is 10.0 Å². The predicted octanol–water partition coefficient (Wildman–Crippen LogP) is -0.383. The number of aliphatic carboxylic acids is 1. The molecule has 7 heteroatoms. The third-order valence-electron chi connectivity index (χ3n) is 3.50. The third-order valence-corrected chi connectivity index (χ3v) is 5.79. The zero-order valence-electron chi connectivity index (χ0n) is 9.63. The number of carbonyl (C=O) groups is 1. The van der Waals surface area contributed by atoms with Gasteiger partial charge in [0.15, 0.2) is 5.25 Å². The molecule has 2 N–H and O–H groups in total. The molecule has 17 heavy (non-hydrogen) atoms. The van der Waals surface area contributed by atoms with E-state index in [2.05, 4.69) is 5.32 Å². The average molecular weight is 262 g/mol. The summed E-state index contributed by atoms with van der Waals surface area (Å²) in [5.74, 6) is -1.23. The van der Waals surface area contributed by atoms with Gasteiger partial charge in [-0.15, -0.1) is 0 Å². The zero-order valence-corrected chi connectivity index (χ0v) is 10.4. The van der Waals surface area contributed by atoms with Gasteiger partial charge in [0, 0.05) is 19.1 Å². The first kappa shape index (κ1) is 12.8. The van der Waals surface area contributed by atoms with Crippen molar-refractivity contribution in [2.75, 3.05) is 19.6 Å². The van der Waals surface area contributed by atoms with Crippen LogP contribution in [0.3, 0.4) is 0 Å². The van der Waals surface area contributed by atoms with E-state index in [0.717, 1.165) is 25.8 Å². The van der Waals surface area contributed by atoms with Crippen molar-refractivity contribution in [2.24, 2.45) is 0 Å². The molecular weight excluding hydrogens is 244 g/mol. The Labute approximate surface area is 101 Å². The molecule has 2 aliphatic rings. The molecule has 0 aromatic rings. The third kappa shape index (κ3) is 2.46. The fraction of sp³-hybridized carbons (Fsp3) is 0.900. The van der Waals surface area contributed by atoms with Gasteiger partial charge in [-0.3, -0.25) is 4.79 Å². The summed E-state index contributed by atoms with van der Waals surface area (Å²) in [4.78, 5) is 10.9. The number of hydrogen-bond donors (Lipinski definition) is 2. The fourth-order valence-electron chi connectivity index (χ4n) is 2.57. The van der Waals surface area contributed by atoms with Crippen LogP contribution in [-0.4, -0.2) is 54.7 Å². The van der Waals surface area contributed by atoms with E-state index >= 15 is 0 Å². The molecule has 0 amide bonds. The normalized spacial score (nSPS) is 34.4. The molecule has 2 fully saturated rings. The molecule has 2 unspecified atom stereocenters. The van der Waals surface area contributed by atoms with Crippen molar-refractivity contribution in [3.63, 3.8) is 0 Å². The minimum Gasteiger partial charge on any atom is -0.480 e. The molecule has 2 rings (SSSR count). The molecule has 98 valence electrons. The Morgan fingerprint density at radius 1 is 1.29 bits per heavy atom. The van der Waals surface area contributed by atoms with Gasteiger partial charge >= 0.3 is 5.97 Å². The highest BCUT2D eigenvalue weighted by Crippen LogP contribution is 2.26. The first-order valence-corrected chi connectivity index (χ1v) is 7.48. The van der Waals surface area contributed by atoms with E-state index < -0.39 is 21.2 Å². The van der Waals surface area contributed by atoms with Gasteiger partial charge in [-0.25, -0.2) is 8.42 Å². The number of carboxylic acid groups (broad SMARTS) is 1. The van der Waals surface area contributed by atoms with E-state index in [4.69, 9.17) is 5.11 Å². The molecule has 2 atom stereocenters. The van der Waals surface area contributed by atoms with Crippen LogP contribution in [0.2, 0.25) is 0 Å². The quantitative estimate of drug-likeness (QED) is 0.708. The molecule has 0 radical (unpaired) electrons. The molecule has 0 bridgehead atoms. The summed E-state index contributed by atoms with van der Waals surface area (Å²) >= 11 is 0. The summed E-state index contributed by atoms with van der Waals surface area (Å²) in [6.45, 7) is 1.88. The molecule has 2 aliphatic heterocycles. The van der Waals surface area contributed by atoms with Crippen LogP contribution < -0.4 is 5.32 Å². The van der Waals surface area contributed by atoms with Crippen LogP contribution in [-0.2, 0) is 14.8 Å². The number of carboxylic acids is 1. The highest BCUT2D eigenvalue weighted by molar-refractivity contribution is 7.90. The van der Waals surface area contributed by atoms with E-state index in [1.807, 2.05) is 0 Å². The molecule has 0 aliphatic carbocycles. The first-order valence-electron chi connectivity index (χ1n) is 5.97. The molecule has 2 heterocycles. The van der Waals surface area contributed by atoms with E-state index in [-0.39, 0.29) is 12.5 Å². The number of sulfonamides is 1. The second kappa shape index (κ2) is 4.91. The molecule has 0 aromatic heterocycles. The second-order valence-corrected chi connectivity index (χ2v) is 6.69. The number of rotatable bonds is 2. The van der Waals surface area contributed by atoms with Gasteiger partial charge in [-0.2, -0.15) is 4.31 Å². The highest BCUT2D eigenvalue weighted by Gasteiger charge is 2.46. The summed E-state index contributed by atoms with van der Waals surface area (Å²) in [6, 6.07) is -0.0770. The Balaban J connectivity index is 2.14. The Bertz CT molecular complexity index is 387. The summed E-state index contributed by atoms with van der Waals surface area (Å²) < 4.78 is 25.5. The van der Waals surface area contributed by atoms with Gasteiger partial charge in [0.1, 0.15) is 0 Å². The van der Waals surface area contributed by atoms with Crippen molar-refractivity contribution in [3.8, 4) is 0 Å². The Hall–Kier alpha value is -0.660. The number of nitrogens with zero attached hydrogens (tertiary/aromatic N) is 1. The summed E-state index contributed by atoms with van der Waals surface area (Å²) in [5, 5.41) is 10.9. The highest BCUT2D eigenvalue weighted by atomic mass is 32.2. The van der Waals surface area contributed by atoms with Crippen molar-refractivity contribution >= 4 is 16.0 Å². The van der Waals surface area contributed by atoms with Gasteiger partial charge in [-0.05, 0) is 25.8 Å². The van der Waals surface area contributed by atoms with Gasteiger partial charge in [0.25, 0.3) is 0 Å². The lowest BCUT2D eigenvalue weighted by Crippen LogP contribution is -2.44. The zero-order chi connectivity index (χ0) is 12.5. The van der Waals surface area contributed by atoms with Crippen molar-refractivity contribution in [3.05, 3.63) is 0 Å². The topological polar surface area (TPSA) is 86.7 Å². The van der Waals surface area contributed by atoms with Gasteiger partial charge in [-0.1, -0.05) is 6.42 Å². The molecule has 0 saturated carbocycles. The molecule has 2 saturated heterocycles. The standard InChI is InChI=1S/C10H18N2O4S/c13-10(14)9-4-6-12(17(9,15)16)8-3-1-2-5-11-7-8/h8-9,11H,1-7H2,(H,13,14). The van der Waals surface area contributed by atoms with Crippen LogP contribution in [0.4, 0.5) is 0 Å². The van der Waals surface area contributed by atoms with Crippen LogP contribution in [0, 0.1) is 0 Å². The predicted molar refractivity (Wildman–Crippen MR) is 62.2 cm³/mol. The average Bonchev–Trinajstić information content (AvgIpc) is 2.46. The maximum atomic E-state index is 12.1. The molecule has 0 spiro atoms. The monoisotopic (exact) mass is 262 g/mol. The van der Waals surface area contributed by atoms with Crippen LogP contribution in [0.25, 0.3) is 0 Å². The van der Waals surface area contributed by atoms with Crippen LogP contribution in [0.5, 0.6) is 0 Å². The first-order chi connectivity index (χ1) is 8.03. The SMILES string of the molecule is O=C(O)C1CCN(C2CCCCNC2)S1(=O)=O. The minimum absolute atomic E-state index is 0.0770. The van der Waals surface area contributed by atoms with Crippen LogP contribution >= 0.6 is 0 Å². The Morgan fingerprint density at radius 3 is 2.71 bits per heavy atom. The molecular formula is C10H18N2O4S. The van der Waals surface area contributed by atoms with E-state index in [9.17, 15) is 13.2 Å². The number of nitrogens with one attached hydrogen (secondary N) is 1. The molecule has 0 aromatic carbocycles. The lowest BCUT2D eigenvalue weighted by atomic mass is 10.1. The lowest BCUT2D eigenvalue weighted by Gasteiger charge is -2.25. The van der Waals surface area contributed by atoms with Gasteiger partial charge < -0.3 is 10.4 Å². The summed E-state index contributed by atoms with van der Waals surface area (Å²) in [6.07, 6.45) is 3.06. The maximum Gasteiger partial charge on any atom is 0.323 e. The maximum absolute atomic E-state index is 12.1. The number of hydrogen-bond acceptors (Lipinski definition) is 4. The van der Waals surface area contributed by atoms with E-state index in [0.29, 0.717) is 13.1 Å². The van der Waals surface area contributed by atoms with Crippen molar-refractivity contribution in [1.82, 2.24) is 9.62 Å². The smallest absolute Gasteiger partial charge is 0.323 e. The van der Waals surface area contributed by atoms with Crippen LogP contribution in [0.1, 0.15) is 25.7 Å². The van der Waals surface area contributed by atoms with E-state index in [1.165, 1.54) is 4.31 Å². The van der Waals surface area contributed by atoms with Crippen molar-refractivity contribution in [1.29, 1.82) is 0 Å².